The van der Waals surface area contributed by atoms with Crippen molar-refractivity contribution in [3.05, 3.63) is 0 Å². The molecule has 0 unspecified atom stereocenters. The number of hydrogen-bond donors (Lipinski definition) is 1. The lowest BCUT2D eigenvalue weighted by Crippen LogP contribution is -2.43. The molecule has 0 aromatic heterocycles. The molecule has 0 rings (SSSR count). The van der Waals surface area contributed by atoms with Gasteiger partial charge in [0.15, 0.2) is 0 Å². The first-order valence-corrected chi connectivity index (χ1v) is 11.0. The molecule has 0 atom stereocenters. The number of rotatable bonds is 14. The molecule has 0 fully saturated rings. The molecule has 1 N–H and O–H groups in total. The molecule has 0 saturated carbocycles. The summed E-state index contributed by atoms with van der Waals surface area (Å²) in [6.45, 7) is 26.6. The van der Waals surface area contributed by atoms with Crippen molar-refractivity contribution in [3.63, 3.8) is 0 Å². The van der Waals surface area contributed by atoms with Gasteiger partial charge in [0, 0.05) is 17.4 Å². The summed E-state index contributed by atoms with van der Waals surface area (Å²) in [6.07, 6.45) is 2.49. The van der Waals surface area contributed by atoms with Gasteiger partial charge in [-0.3, -0.25) is 4.79 Å². The van der Waals surface area contributed by atoms with Gasteiger partial charge in [0.25, 0.3) is 0 Å². The Kier molecular flexibility index (Phi) is 10.4. The third kappa shape index (κ3) is 11.5. The minimum Gasteiger partial charge on any atom is -0.375 e. The topological polar surface area (TPSA) is 47.6 Å². The van der Waals surface area contributed by atoms with Gasteiger partial charge in [0.05, 0.1) is 23.4 Å². The third-order valence-electron chi connectivity index (χ3n) is 5.09. The van der Waals surface area contributed by atoms with E-state index in [0.29, 0.717) is 24.9 Å². The molecule has 4 heteroatoms. The van der Waals surface area contributed by atoms with Gasteiger partial charge < -0.3 is 14.8 Å². The minimum atomic E-state index is -0.393. The van der Waals surface area contributed by atoms with E-state index in [1.807, 2.05) is 27.7 Å². The standard InChI is InChI=1S/C24H49NO3/c1-18(2)20(26)21(5,6)17-24(11,12)28-23(9,10)14-16-27-22(7,8)13-15-25-19(3)4/h18-19,25H,13-17H2,1-12H3. The van der Waals surface area contributed by atoms with Crippen LogP contribution in [0.15, 0.2) is 0 Å². The van der Waals surface area contributed by atoms with Crippen LogP contribution in [0, 0.1) is 11.3 Å². The molecule has 0 saturated heterocycles. The van der Waals surface area contributed by atoms with Gasteiger partial charge in [0.2, 0.25) is 0 Å². The molecule has 0 heterocycles. The normalized spacial score (nSPS) is 14.2. The first-order valence-electron chi connectivity index (χ1n) is 11.0. The quantitative estimate of drug-likeness (QED) is 0.402. The Balaban J connectivity index is 4.63. The van der Waals surface area contributed by atoms with Crippen LogP contribution in [0.3, 0.4) is 0 Å². The average Bonchev–Trinajstić information content (AvgIpc) is 2.42. The van der Waals surface area contributed by atoms with E-state index in [0.717, 1.165) is 19.4 Å². The molecule has 0 aromatic carbocycles. The van der Waals surface area contributed by atoms with Crippen molar-refractivity contribution in [1.29, 1.82) is 0 Å². The van der Waals surface area contributed by atoms with Gasteiger partial charge in [-0.05, 0) is 67.3 Å². The second kappa shape index (κ2) is 10.5. The van der Waals surface area contributed by atoms with Crippen LogP contribution >= 0.6 is 0 Å². The van der Waals surface area contributed by atoms with Crippen molar-refractivity contribution in [3.8, 4) is 0 Å². The zero-order valence-electron chi connectivity index (χ0n) is 20.9. The molecular formula is C24H49NO3. The number of Topliss-reactive ketones (excluding diaryl/α,β-unsaturated/α-hetero) is 1. The fourth-order valence-electron chi connectivity index (χ4n) is 4.08. The Morgan fingerprint density at radius 3 is 1.82 bits per heavy atom. The predicted molar refractivity (Wildman–Crippen MR) is 120 cm³/mol. The van der Waals surface area contributed by atoms with E-state index in [1.165, 1.54) is 0 Å². The van der Waals surface area contributed by atoms with E-state index in [1.54, 1.807) is 0 Å². The fraction of sp³-hybridized carbons (Fsp3) is 0.958. The zero-order chi connectivity index (χ0) is 22.4. The van der Waals surface area contributed by atoms with Crippen molar-refractivity contribution >= 4 is 5.78 Å². The Hall–Kier alpha value is -0.450. The van der Waals surface area contributed by atoms with Crippen molar-refractivity contribution in [2.45, 2.75) is 125 Å². The van der Waals surface area contributed by atoms with E-state index < -0.39 is 5.41 Å². The smallest absolute Gasteiger partial charge is 0.141 e. The van der Waals surface area contributed by atoms with Crippen LogP contribution in [0.25, 0.3) is 0 Å². The van der Waals surface area contributed by atoms with E-state index in [9.17, 15) is 4.79 Å². The SMILES string of the molecule is CC(C)NCCC(C)(C)OCCC(C)(C)OC(C)(C)CC(C)(C)C(=O)C(C)C. The number of nitrogens with one attached hydrogen (secondary N) is 1. The summed E-state index contributed by atoms with van der Waals surface area (Å²) in [4.78, 5) is 12.5. The lowest BCUT2D eigenvalue weighted by molar-refractivity contribution is -0.159. The van der Waals surface area contributed by atoms with Crippen molar-refractivity contribution in [2.24, 2.45) is 11.3 Å². The molecule has 28 heavy (non-hydrogen) atoms. The lowest BCUT2D eigenvalue weighted by Gasteiger charge is -2.41. The van der Waals surface area contributed by atoms with Gasteiger partial charge in [-0.25, -0.2) is 0 Å². The Morgan fingerprint density at radius 2 is 1.36 bits per heavy atom. The van der Waals surface area contributed by atoms with E-state index in [2.05, 4.69) is 60.7 Å². The molecular weight excluding hydrogens is 350 g/mol. The summed E-state index contributed by atoms with van der Waals surface area (Å²) < 4.78 is 12.6. The van der Waals surface area contributed by atoms with Crippen molar-refractivity contribution < 1.29 is 14.3 Å². The number of ketones is 1. The Labute approximate surface area is 175 Å². The number of ether oxygens (including phenoxy) is 2. The molecule has 0 spiro atoms. The summed E-state index contributed by atoms with van der Waals surface area (Å²) in [5.41, 5.74) is -1.24. The molecule has 0 aliphatic heterocycles. The maximum atomic E-state index is 12.5. The highest BCUT2D eigenvalue weighted by atomic mass is 16.5. The molecule has 0 bridgehead atoms. The molecule has 0 aliphatic carbocycles. The summed E-state index contributed by atoms with van der Waals surface area (Å²) >= 11 is 0. The third-order valence-corrected chi connectivity index (χ3v) is 5.09. The van der Waals surface area contributed by atoms with E-state index in [-0.39, 0.29) is 22.7 Å². The number of hydrogen-bond acceptors (Lipinski definition) is 4. The second-order valence-electron chi connectivity index (χ2n) is 11.4. The highest BCUT2D eigenvalue weighted by molar-refractivity contribution is 5.85. The molecule has 4 nitrogen and oxygen atoms in total. The molecule has 0 radical (unpaired) electrons. The van der Waals surface area contributed by atoms with Gasteiger partial charge >= 0.3 is 0 Å². The summed E-state index contributed by atoms with van der Waals surface area (Å²) in [5.74, 6) is 0.335. The van der Waals surface area contributed by atoms with Crippen LogP contribution in [-0.4, -0.2) is 41.8 Å². The maximum Gasteiger partial charge on any atom is 0.141 e. The zero-order valence-corrected chi connectivity index (χ0v) is 20.9. The largest absolute Gasteiger partial charge is 0.375 e. The summed E-state index contributed by atoms with van der Waals surface area (Å²) in [7, 11) is 0. The van der Waals surface area contributed by atoms with Crippen LogP contribution < -0.4 is 5.32 Å². The number of carbonyl (C=O) groups excluding carboxylic acids is 1. The second-order valence-corrected chi connectivity index (χ2v) is 11.4. The predicted octanol–water partition coefficient (Wildman–Crippen LogP) is 5.78. The number of carbonyl (C=O) groups is 1. The van der Waals surface area contributed by atoms with Crippen LogP contribution in [0.2, 0.25) is 0 Å². The molecule has 0 aliphatic rings. The maximum absolute atomic E-state index is 12.5. The van der Waals surface area contributed by atoms with Gasteiger partial charge in [-0.1, -0.05) is 41.5 Å². The van der Waals surface area contributed by atoms with Gasteiger partial charge in [-0.2, -0.15) is 0 Å². The van der Waals surface area contributed by atoms with E-state index >= 15 is 0 Å². The summed E-state index contributed by atoms with van der Waals surface area (Å²) in [6, 6.07) is 0.497. The Morgan fingerprint density at radius 1 is 0.821 bits per heavy atom. The lowest BCUT2D eigenvalue weighted by atomic mass is 9.75. The highest BCUT2D eigenvalue weighted by Gasteiger charge is 2.39. The summed E-state index contributed by atoms with van der Waals surface area (Å²) in [5, 5.41) is 3.45. The van der Waals surface area contributed by atoms with Crippen LogP contribution in [0.1, 0.15) is 102 Å². The first kappa shape index (κ1) is 27.5. The van der Waals surface area contributed by atoms with Crippen LogP contribution in [0.5, 0.6) is 0 Å². The fourth-order valence-corrected chi connectivity index (χ4v) is 4.08. The van der Waals surface area contributed by atoms with Crippen LogP contribution in [-0.2, 0) is 14.3 Å². The Bertz CT molecular complexity index is 476. The van der Waals surface area contributed by atoms with Gasteiger partial charge in [-0.15, -0.1) is 0 Å². The van der Waals surface area contributed by atoms with Crippen molar-refractivity contribution in [2.75, 3.05) is 13.2 Å². The van der Waals surface area contributed by atoms with Gasteiger partial charge in [0.1, 0.15) is 5.78 Å². The first-order chi connectivity index (χ1) is 12.4. The molecule has 168 valence electrons. The minimum absolute atomic E-state index is 0.0413. The molecule has 0 amide bonds. The highest BCUT2D eigenvalue weighted by Crippen LogP contribution is 2.36. The average molecular weight is 400 g/mol. The van der Waals surface area contributed by atoms with Crippen LogP contribution in [0.4, 0.5) is 0 Å². The monoisotopic (exact) mass is 399 g/mol. The van der Waals surface area contributed by atoms with E-state index in [4.69, 9.17) is 9.47 Å². The van der Waals surface area contributed by atoms with Crippen molar-refractivity contribution in [1.82, 2.24) is 5.32 Å². The molecule has 0 aromatic rings.